The molecule has 1 unspecified atom stereocenters. The van der Waals surface area contributed by atoms with Crippen LogP contribution in [0.25, 0.3) is 0 Å². The molecule has 0 radical (unpaired) electrons. The van der Waals surface area contributed by atoms with Crippen LogP contribution in [0.5, 0.6) is 11.5 Å². The number of ether oxygens (including phenoxy) is 1. The van der Waals surface area contributed by atoms with Crippen LogP contribution in [0.3, 0.4) is 0 Å². The quantitative estimate of drug-likeness (QED) is 0.550. The van der Waals surface area contributed by atoms with Gasteiger partial charge in [0.1, 0.15) is 11.5 Å². The van der Waals surface area contributed by atoms with E-state index in [0.717, 1.165) is 80.8 Å². The zero-order valence-corrected chi connectivity index (χ0v) is 20.3. The standard InChI is InChI=1S/C23H29Br2N3O2/c24-19-15-22(29)20(25)14-18(19)21(26)4-1-7-27-8-10-28(11-9-27)17-6-5-16-3-2-12-30-23(16)13-17/h5-6,13-15,21,29H,1-4,7-12,26H2. The molecule has 4 rings (SSSR count). The highest BCUT2D eigenvalue weighted by Gasteiger charge is 2.20. The maximum absolute atomic E-state index is 9.78. The Morgan fingerprint density at radius 3 is 2.67 bits per heavy atom. The molecule has 0 amide bonds. The zero-order valence-electron chi connectivity index (χ0n) is 17.1. The molecule has 1 fully saturated rings. The minimum absolute atomic E-state index is 0.0481. The van der Waals surface area contributed by atoms with Crippen LogP contribution in [0.2, 0.25) is 0 Å². The van der Waals surface area contributed by atoms with Gasteiger partial charge in [-0.15, -0.1) is 0 Å². The number of aromatic hydroxyl groups is 1. The first-order valence-electron chi connectivity index (χ1n) is 10.7. The molecule has 7 heteroatoms. The lowest BCUT2D eigenvalue weighted by atomic mass is 10.0. The van der Waals surface area contributed by atoms with Gasteiger partial charge in [-0.1, -0.05) is 22.0 Å². The van der Waals surface area contributed by atoms with Crippen molar-refractivity contribution in [2.45, 2.75) is 31.7 Å². The molecule has 2 aliphatic rings. The Balaban J connectivity index is 1.24. The number of phenols is 1. The third-order valence-corrected chi connectivity index (χ3v) is 7.41. The average molecular weight is 539 g/mol. The third kappa shape index (κ3) is 5.13. The van der Waals surface area contributed by atoms with E-state index in [0.29, 0.717) is 4.47 Å². The number of phenolic OH excluding ortho intramolecular Hbond substituents is 1. The molecule has 0 aliphatic carbocycles. The maximum atomic E-state index is 9.78. The number of anilines is 1. The minimum atomic E-state index is -0.0481. The first-order valence-corrected chi connectivity index (χ1v) is 12.3. The number of fused-ring (bicyclic) bond motifs is 1. The highest BCUT2D eigenvalue weighted by Crippen LogP contribution is 2.34. The van der Waals surface area contributed by atoms with Crippen molar-refractivity contribution < 1.29 is 9.84 Å². The molecule has 3 N–H and O–H groups in total. The van der Waals surface area contributed by atoms with Gasteiger partial charge < -0.3 is 20.5 Å². The Hall–Kier alpha value is -1.28. The smallest absolute Gasteiger partial charge is 0.130 e. The monoisotopic (exact) mass is 537 g/mol. The summed E-state index contributed by atoms with van der Waals surface area (Å²) in [6, 6.07) is 10.3. The second-order valence-corrected chi connectivity index (χ2v) is 9.86. The third-order valence-electron chi connectivity index (χ3n) is 6.09. The van der Waals surface area contributed by atoms with E-state index in [-0.39, 0.29) is 11.8 Å². The predicted octanol–water partition coefficient (Wildman–Crippen LogP) is 4.84. The number of benzene rings is 2. The molecule has 5 nitrogen and oxygen atoms in total. The number of nitrogens with zero attached hydrogens (tertiary/aromatic N) is 2. The van der Waals surface area contributed by atoms with E-state index in [1.165, 1.54) is 11.3 Å². The first kappa shape index (κ1) is 21.9. The van der Waals surface area contributed by atoms with Gasteiger partial charge in [-0.3, -0.25) is 4.90 Å². The van der Waals surface area contributed by atoms with Crippen molar-refractivity contribution in [1.82, 2.24) is 4.90 Å². The second kappa shape index (κ2) is 9.90. The van der Waals surface area contributed by atoms with Crippen LogP contribution in [-0.2, 0) is 6.42 Å². The van der Waals surface area contributed by atoms with Crippen molar-refractivity contribution in [3.05, 3.63) is 50.4 Å². The fourth-order valence-electron chi connectivity index (χ4n) is 4.28. The Kier molecular flexibility index (Phi) is 7.24. The van der Waals surface area contributed by atoms with Gasteiger partial charge in [-0.05, 0) is 77.5 Å². The van der Waals surface area contributed by atoms with Gasteiger partial charge >= 0.3 is 0 Å². The topological polar surface area (TPSA) is 62.0 Å². The van der Waals surface area contributed by atoms with Crippen LogP contribution in [0.4, 0.5) is 5.69 Å². The fourth-order valence-corrected chi connectivity index (χ4v) is 5.27. The Morgan fingerprint density at radius 1 is 1.07 bits per heavy atom. The Bertz CT molecular complexity index is 885. The lowest BCUT2D eigenvalue weighted by Gasteiger charge is -2.36. The number of piperazine rings is 1. The molecule has 162 valence electrons. The molecule has 2 aliphatic heterocycles. The summed E-state index contributed by atoms with van der Waals surface area (Å²) in [6.45, 7) is 6.13. The van der Waals surface area contributed by atoms with Crippen molar-refractivity contribution in [1.29, 1.82) is 0 Å². The van der Waals surface area contributed by atoms with Crippen molar-refractivity contribution in [2.75, 3.05) is 44.2 Å². The van der Waals surface area contributed by atoms with E-state index < -0.39 is 0 Å². The molecule has 0 saturated carbocycles. The maximum Gasteiger partial charge on any atom is 0.130 e. The van der Waals surface area contributed by atoms with E-state index >= 15 is 0 Å². The SMILES string of the molecule is NC(CCCN1CCN(c2ccc3c(c2)OCCC3)CC1)c1cc(Br)c(O)cc1Br. The summed E-state index contributed by atoms with van der Waals surface area (Å²) in [4.78, 5) is 4.99. The molecule has 1 saturated heterocycles. The summed E-state index contributed by atoms with van der Waals surface area (Å²) in [5.74, 6) is 1.29. The molecule has 0 bridgehead atoms. The summed E-state index contributed by atoms with van der Waals surface area (Å²) in [5.41, 5.74) is 10.1. The Labute approximate surface area is 195 Å². The zero-order chi connectivity index (χ0) is 21.1. The first-order chi connectivity index (χ1) is 14.5. The van der Waals surface area contributed by atoms with Gasteiger partial charge in [-0.25, -0.2) is 0 Å². The summed E-state index contributed by atoms with van der Waals surface area (Å²) in [5, 5.41) is 9.78. The predicted molar refractivity (Wildman–Crippen MR) is 129 cm³/mol. The minimum Gasteiger partial charge on any atom is -0.507 e. The van der Waals surface area contributed by atoms with Crippen LogP contribution in [-0.4, -0.2) is 49.3 Å². The van der Waals surface area contributed by atoms with Gasteiger partial charge in [0, 0.05) is 48.4 Å². The lowest BCUT2D eigenvalue weighted by Crippen LogP contribution is -2.46. The number of nitrogens with two attached hydrogens (primary N) is 1. The second-order valence-electron chi connectivity index (χ2n) is 8.15. The largest absolute Gasteiger partial charge is 0.507 e. The highest BCUT2D eigenvalue weighted by atomic mass is 79.9. The van der Waals surface area contributed by atoms with E-state index in [2.05, 4.69) is 59.9 Å². The lowest BCUT2D eigenvalue weighted by molar-refractivity contribution is 0.250. The van der Waals surface area contributed by atoms with Gasteiger partial charge in [0.25, 0.3) is 0 Å². The van der Waals surface area contributed by atoms with Gasteiger partial charge in [0.05, 0.1) is 11.1 Å². The van der Waals surface area contributed by atoms with Crippen molar-refractivity contribution in [3.63, 3.8) is 0 Å². The normalized spacial score (nSPS) is 18.0. The average Bonchev–Trinajstić information content (AvgIpc) is 2.76. The van der Waals surface area contributed by atoms with Crippen molar-refractivity contribution in [2.24, 2.45) is 5.73 Å². The molecular weight excluding hydrogens is 510 g/mol. The summed E-state index contributed by atoms with van der Waals surface area (Å²) < 4.78 is 7.38. The van der Waals surface area contributed by atoms with Gasteiger partial charge in [-0.2, -0.15) is 0 Å². The summed E-state index contributed by atoms with van der Waals surface area (Å²) in [6.07, 6.45) is 4.22. The van der Waals surface area contributed by atoms with Crippen LogP contribution in [0, 0.1) is 0 Å². The number of hydrogen-bond acceptors (Lipinski definition) is 5. The summed E-state index contributed by atoms with van der Waals surface area (Å²) >= 11 is 6.89. The Morgan fingerprint density at radius 2 is 1.87 bits per heavy atom. The van der Waals surface area contributed by atoms with E-state index in [4.69, 9.17) is 10.5 Å². The van der Waals surface area contributed by atoms with Crippen LogP contribution >= 0.6 is 31.9 Å². The van der Waals surface area contributed by atoms with Crippen LogP contribution < -0.4 is 15.4 Å². The molecule has 2 aromatic carbocycles. The molecule has 0 spiro atoms. The molecule has 2 heterocycles. The highest BCUT2D eigenvalue weighted by molar-refractivity contribution is 9.11. The number of aryl methyl sites for hydroxylation is 1. The fraction of sp³-hybridized carbons (Fsp3) is 0.478. The van der Waals surface area contributed by atoms with Crippen LogP contribution in [0.1, 0.15) is 36.4 Å². The van der Waals surface area contributed by atoms with Crippen LogP contribution in [0.15, 0.2) is 39.3 Å². The number of hydrogen-bond donors (Lipinski definition) is 2. The number of halogens is 2. The molecule has 1 atom stereocenters. The van der Waals surface area contributed by atoms with Gasteiger partial charge in [0.2, 0.25) is 0 Å². The summed E-state index contributed by atoms with van der Waals surface area (Å²) in [7, 11) is 0. The van der Waals surface area contributed by atoms with E-state index in [1.54, 1.807) is 6.07 Å². The van der Waals surface area contributed by atoms with E-state index in [1.807, 2.05) is 6.07 Å². The van der Waals surface area contributed by atoms with Crippen molar-refractivity contribution in [3.8, 4) is 11.5 Å². The molecule has 30 heavy (non-hydrogen) atoms. The van der Waals surface area contributed by atoms with Crippen molar-refractivity contribution >= 4 is 37.5 Å². The van der Waals surface area contributed by atoms with Gasteiger partial charge in [0.15, 0.2) is 0 Å². The molecule has 0 aromatic heterocycles. The number of rotatable bonds is 6. The molecule has 2 aromatic rings. The van der Waals surface area contributed by atoms with E-state index in [9.17, 15) is 5.11 Å². The molecular formula is C23H29Br2N3O2.